The van der Waals surface area contributed by atoms with Crippen molar-refractivity contribution in [1.82, 2.24) is 9.97 Å². The van der Waals surface area contributed by atoms with Crippen molar-refractivity contribution in [3.63, 3.8) is 0 Å². The summed E-state index contributed by atoms with van der Waals surface area (Å²) < 4.78 is 0. The average molecular weight is 441 g/mol. The minimum absolute atomic E-state index is 0.839. The minimum Gasteiger partial charge on any atom is -0.236 e. The molecule has 0 saturated carbocycles. The topological polar surface area (TPSA) is 25.8 Å². The van der Waals surface area contributed by atoms with Crippen LogP contribution in [0.5, 0.6) is 0 Å². The summed E-state index contributed by atoms with van der Waals surface area (Å²) in [6, 6.07) is 8.77. The smallest absolute Gasteiger partial charge is 0.159 e. The molecule has 0 spiro atoms. The van der Waals surface area contributed by atoms with Crippen LogP contribution in [0.3, 0.4) is 0 Å². The second kappa shape index (κ2) is 17.2. The molecule has 31 heavy (non-hydrogen) atoms. The molecule has 0 radical (unpaired) electrons. The van der Waals surface area contributed by atoms with Crippen LogP contribution in [-0.4, -0.2) is 15.7 Å². The highest BCUT2D eigenvalue weighted by Crippen LogP contribution is 2.23. The Morgan fingerprint density at radius 3 is 1.71 bits per heavy atom. The highest BCUT2D eigenvalue weighted by Gasteiger charge is 2.03. The fraction of sp³-hybridized carbons (Fsp3) is 0.643. The Morgan fingerprint density at radius 1 is 0.613 bits per heavy atom. The van der Waals surface area contributed by atoms with Crippen LogP contribution in [0.1, 0.15) is 109 Å². The van der Waals surface area contributed by atoms with Crippen LogP contribution in [0.15, 0.2) is 41.6 Å². The van der Waals surface area contributed by atoms with Gasteiger partial charge < -0.3 is 0 Å². The third-order valence-corrected chi connectivity index (χ3v) is 7.00. The van der Waals surface area contributed by atoms with E-state index in [0.29, 0.717) is 0 Å². The summed E-state index contributed by atoms with van der Waals surface area (Å²) in [6.45, 7) is 4.55. The maximum Gasteiger partial charge on any atom is 0.159 e. The summed E-state index contributed by atoms with van der Waals surface area (Å²) in [5.74, 6) is 2.06. The number of rotatable bonds is 18. The molecule has 0 saturated heterocycles. The lowest BCUT2D eigenvalue weighted by molar-refractivity contribution is 0.586. The lowest BCUT2D eigenvalue weighted by Crippen LogP contribution is -1.93. The van der Waals surface area contributed by atoms with E-state index < -0.39 is 0 Å². The molecule has 3 heteroatoms. The number of unbranched alkanes of at least 4 members (excludes halogenated alkanes) is 12. The van der Waals surface area contributed by atoms with Gasteiger partial charge in [0.15, 0.2) is 5.82 Å². The fourth-order valence-electron chi connectivity index (χ4n) is 3.87. The third-order valence-electron chi connectivity index (χ3n) is 5.90. The van der Waals surface area contributed by atoms with Gasteiger partial charge in [-0.15, -0.1) is 11.8 Å². The van der Waals surface area contributed by atoms with Gasteiger partial charge in [-0.05, 0) is 42.7 Å². The van der Waals surface area contributed by atoms with Crippen molar-refractivity contribution >= 4 is 11.8 Å². The van der Waals surface area contributed by atoms with E-state index in [0.717, 1.165) is 17.8 Å². The summed E-state index contributed by atoms with van der Waals surface area (Å²) in [5.41, 5.74) is 2.37. The first-order valence-electron chi connectivity index (χ1n) is 12.9. The van der Waals surface area contributed by atoms with Crippen LogP contribution in [-0.2, 0) is 6.42 Å². The van der Waals surface area contributed by atoms with Crippen molar-refractivity contribution in [2.45, 2.75) is 115 Å². The Balaban J connectivity index is 1.62. The van der Waals surface area contributed by atoms with Crippen LogP contribution < -0.4 is 0 Å². The molecule has 1 aromatic carbocycles. The maximum absolute atomic E-state index is 4.61. The maximum atomic E-state index is 4.61. The average Bonchev–Trinajstić information content (AvgIpc) is 2.81. The van der Waals surface area contributed by atoms with Gasteiger partial charge in [0.25, 0.3) is 0 Å². The van der Waals surface area contributed by atoms with Gasteiger partial charge in [0.2, 0.25) is 0 Å². The van der Waals surface area contributed by atoms with E-state index >= 15 is 0 Å². The van der Waals surface area contributed by atoms with Gasteiger partial charge in [0.05, 0.1) is 0 Å². The van der Waals surface area contributed by atoms with Gasteiger partial charge in [-0.2, -0.15) is 0 Å². The highest BCUT2D eigenvalue weighted by atomic mass is 32.2. The van der Waals surface area contributed by atoms with Crippen molar-refractivity contribution in [2.24, 2.45) is 0 Å². The van der Waals surface area contributed by atoms with Crippen LogP contribution >= 0.6 is 11.8 Å². The molecule has 2 rings (SSSR count). The standard InChI is InChI=1S/C28H44N2S/c1-3-5-7-9-11-12-14-16-22-31-27-20-18-26(19-21-27)28-29-23-25(24-30-28)17-15-13-10-8-6-4-2/h18-21,23-24H,3-17,22H2,1-2H3. The Bertz CT molecular complexity index is 666. The number of nitrogens with zero attached hydrogens (tertiary/aromatic N) is 2. The molecule has 2 aromatic rings. The Labute approximate surface area is 196 Å². The third kappa shape index (κ3) is 11.7. The van der Waals surface area contributed by atoms with Crippen molar-refractivity contribution < 1.29 is 0 Å². The van der Waals surface area contributed by atoms with E-state index in [-0.39, 0.29) is 0 Å². The van der Waals surface area contributed by atoms with E-state index in [1.54, 1.807) is 0 Å². The molecule has 2 nitrogen and oxygen atoms in total. The number of aryl methyl sites for hydroxylation is 1. The largest absolute Gasteiger partial charge is 0.236 e. The number of benzene rings is 1. The summed E-state index contributed by atoms with van der Waals surface area (Å²) in [6.07, 6.45) is 24.2. The monoisotopic (exact) mass is 440 g/mol. The number of hydrogen-bond donors (Lipinski definition) is 0. The second-order valence-corrected chi connectivity index (χ2v) is 9.95. The van der Waals surface area contributed by atoms with Crippen LogP contribution in [0.2, 0.25) is 0 Å². The number of hydrogen-bond acceptors (Lipinski definition) is 3. The SMILES string of the molecule is CCCCCCCCCCSc1ccc(-c2ncc(CCCCCCCC)cn2)cc1. The second-order valence-electron chi connectivity index (χ2n) is 8.78. The van der Waals surface area contributed by atoms with Crippen molar-refractivity contribution in [3.8, 4) is 11.4 Å². The summed E-state index contributed by atoms with van der Waals surface area (Å²) in [7, 11) is 0. The predicted molar refractivity (Wildman–Crippen MR) is 138 cm³/mol. The molecule has 1 heterocycles. The predicted octanol–water partition coefficient (Wildman–Crippen LogP) is 9.28. The highest BCUT2D eigenvalue weighted by molar-refractivity contribution is 7.99. The Morgan fingerprint density at radius 2 is 1.13 bits per heavy atom. The fourth-order valence-corrected chi connectivity index (χ4v) is 4.78. The normalized spacial score (nSPS) is 11.2. The molecule has 172 valence electrons. The summed E-state index contributed by atoms with van der Waals surface area (Å²) in [5, 5.41) is 0. The van der Waals surface area contributed by atoms with Crippen LogP contribution in [0.4, 0.5) is 0 Å². The quantitative estimate of drug-likeness (QED) is 0.170. The molecule has 0 aliphatic carbocycles. The van der Waals surface area contributed by atoms with E-state index in [4.69, 9.17) is 0 Å². The lowest BCUT2D eigenvalue weighted by Gasteiger charge is -2.05. The molecule has 0 unspecified atom stereocenters. The van der Waals surface area contributed by atoms with E-state index in [2.05, 4.69) is 48.1 Å². The van der Waals surface area contributed by atoms with Crippen molar-refractivity contribution in [2.75, 3.05) is 5.75 Å². The summed E-state index contributed by atoms with van der Waals surface area (Å²) in [4.78, 5) is 10.6. The molecular weight excluding hydrogens is 396 g/mol. The zero-order valence-electron chi connectivity index (χ0n) is 20.1. The van der Waals surface area contributed by atoms with Gasteiger partial charge in [0, 0.05) is 22.9 Å². The first-order valence-corrected chi connectivity index (χ1v) is 13.9. The first kappa shape index (κ1) is 25.9. The van der Waals surface area contributed by atoms with E-state index in [9.17, 15) is 0 Å². The molecule has 0 amide bonds. The zero-order valence-corrected chi connectivity index (χ0v) is 20.9. The van der Waals surface area contributed by atoms with Crippen molar-refractivity contribution in [1.29, 1.82) is 0 Å². The molecule has 0 aliphatic rings. The Kier molecular flexibility index (Phi) is 14.4. The number of aromatic nitrogens is 2. The molecule has 0 N–H and O–H groups in total. The van der Waals surface area contributed by atoms with E-state index in [1.165, 1.54) is 106 Å². The van der Waals surface area contributed by atoms with Gasteiger partial charge in [-0.25, -0.2) is 9.97 Å². The Hall–Kier alpha value is -1.35. The molecule has 0 aliphatic heterocycles. The van der Waals surface area contributed by atoms with Crippen LogP contribution in [0.25, 0.3) is 11.4 Å². The minimum atomic E-state index is 0.839. The van der Waals surface area contributed by atoms with Gasteiger partial charge in [-0.3, -0.25) is 0 Å². The first-order chi connectivity index (χ1) is 15.3. The van der Waals surface area contributed by atoms with Gasteiger partial charge in [-0.1, -0.05) is 103 Å². The van der Waals surface area contributed by atoms with E-state index in [1.807, 2.05) is 24.2 Å². The molecular formula is C28H44N2S. The molecule has 1 aromatic heterocycles. The van der Waals surface area contributed by atoms with Crippen molar-refractivity contribution in [3.05, 3.63) is 42.2 Å². The molecule has 0 atom stereocenters. The number of thioether (sulfide) groups is 1. The molecule has 0 bridgehead atoms. The lowest BCUT2D eigenvalue weighted by atomic mass is 10.1. The zero-order chi connectivity index (χ0) is 22.0. The van der Waals surface area contributed by atoms with Gasteiger partial charge in [0.1, 0.15) is 0 Å². The molecule has 0 fully saturated rings. The van der Waals surface area contributed by atoms with Gasteiger partial charge >= 0.3 is 0 Å². The van der Waals surface area contributed by atoms with Crippen LogP contribution in [0, 0.1) is 0 Å². The summed E-state index contributed by atoms with van der Waals surface area (Å²) >= 11 is 1.97.